The summed E-state index contributed by atoms with van der Waals surface area (Å²) in [4.78, 5) is 4.57. The average Bonchev–Trinajstić information content (AvgIpc) is 2.61. The van der Waals surface area contributed by atoms with E-state index in [0.29, 0.717) is 18.5 Å². The van der Waals surface area contributed by atoms with Crippen molar-refractivity contribution >= 4 is 0 Å². The van der Waals surface area contributed by atoms with Crippen LogP contribution in [0, 0.1) is 0 Å². The Morgan fingerprint density at radius 2 is 2.00 bits per heavy atom. The Kier molecular flexibility index (Phi) is 1.27. The molecule has 3 heteroatoms. The van der Waals surface area contributed by atoms with Crippen LogP contribution in [-0.4, -0.2) is 48.9 Å². The summed E-state index contributed by atoms with van der Waals surface area (Å²) >= 11 is 0. The monoisotopic (exact) mass is 142 g/mol. The molecule has 0 radical (unpaired) electrons. The molecule has 0 bridgehead atoms. The van der Waals surface area contributed by atoms with Gasteiger partial charge in [-0.1, -0.05) is 0 Å². The van der Waals surface area contributed by atoms with Crippen molar-refractivity contribution in [3.05, 3.63) is 0 Å². The quantitative estimate of drug-likeness (QED) is 0.441. The Hall–Kier alpha value is -0.120. The summed E-state index contributed by atoms with van der Waals surface area (Å²) < 4.78 is 5.42. The van der Waals surface area contributed by atoms with Gasteiger partial charge in [0.1, 0.15) is 0 Å². The Labute approximate surface area is 61.6 Å². The van der Waals surface area contributed by atoms with Gasteiger partial charge in [-0.15, -0.1) is 0 Å². The van der Waals surface area contributed by atoms with E-state index in [1.165, 1.54) is 0 Å². The lowest BCUT2D eigenvalue weighted by Gasteiger charge is -2.31. The van der Waals surface area contributed by atoms with Crippen LogP contribution in [0.5, 0.6) is 0 Å². The highest BCUT2D eigenvalue weighted by Gasteiger charge is 2.50. The Morgan fingerprint density at radius 1 is 1.30 bits per heavy atom. The molecule has 3 atom stereocenters. The molecule has 58 valence electrons. The molecule has 10 heavy (non-hydrogen) atoms. The molecule has 0 N–H and O–H groups in total. The number of fused-ring (bicyclic) bond motifs is 1. The largest absolute Gasteiger partial charge is 0.336 e. The molecule has 3 nitrogen and oxygen atoms in total. The first-order valence-electron chi connectivity index (χ1n) is 3.78. The summed E-state index contributed by atoms with van der Waals surface area (Å²) in [6.07, 6.45) is 0.773. The van der Waals surface area contributed by atoms with E-state index in [9.17, 15) is 0 Å². The van der Waals surface area contributed by atoms with E-state index >= 15 is 0 Å². The Morgan fingerprint density at radius 3 is 2.70 bits per heavy atom. The molecule has 0 aliphatic carbocycles. The van der Waals surface area contributed by atoms with Crippen LogP contribution < -0.4 is 0 Å². The Balaban J connectivity index is 2.05. The van der Waals surface area contributed by atoms with Crippen LogP contribution in [-0.2, 0) is 4.74 Å². The van der Waals surface area contributed by atoms with Crippen molar-refractivity contribution in [3.63, 3.8) is 0 Å². The number of ether oxygens (including phenoxy) is 1. The first-order valence-corrected chi connectivity index (χ1v) is 3.78. The molecule has 0 saturated carbocycles. The number of nitrogens with zero attached hydrogens (tertiary/aromatic N) is 2. The third-order valence-electron chi connectivity index (χ3n) is 2.53. The molecular weight excluding hydrogens is 128 g/mol. The van der Waals surface area contributed by atoms with Crippen molar-refractivity contribution < 1.29 is 4.74 Å². The van der Waals surface area contributed by atoms with Gasteiger partial charge in [-0.05, 0) is 21.0 Å². The number of piperazine rings is 1. The summed E-state index contributed by atoms with van der Waals surface area (Å²) in [6.45, 7) is 3.35. The maximum absolute atomic E-state index is 5.42. The predicted molar refractivity (Wildman–Crippen MR) is 38.5 cm³/mol. The Bertz CT molecular complexity index is 149. The summed E-state index contributed by atoms with van der Waals surface area (Å²) in [5.41, 5.74) is 0. The number of likely N-dealkylation sites (N-methyl/N-ethyl adjacent to an activating group) is 2. The molecule has 0 amide bonds. The minimum absolute atomic E-state index is 0.383. The SMILES string of the molecule is CC1CN(C)C2OC2N1C. The van der Waals surface area contributed by atoms with E-state index < -0.39 is 0 Å². The van der Waals surface area contributed by atoms with Crippen molar-refractivity contribution in [2.75, 3.05) is 20.6 Å². The van der Waals surface area contributed by atoms with Crippen LogP contribution in [0.1, 0.15) is 6.92 Å². The molecule has 0 spiro atoms. The maximum Gasteiger partial charge on any atom is 0.153 e. The van der Waals surface area contributed by atoms with Crippen LogP contribution in [0.15, 0.2) is 0 Å². The minimum atomic E-state index is 0.383. The minimum Gasteiger partial charge on any atom is -0.336 e. The van der Waals surface area contributed by atoms with Crippen LogP contribution in [0.4, 0.5) is 0 Å². The highest BCUT2D eigenvalue weighted by molar-refractivity contribution is 4.91. The van der Waals surface area contributed by atoms with Gasteiger partial charge >= 0.3 is 0 Å². The molecule has 2 aliphatic rings. The lowest BCUT2D eigenvalue weighted by molar-refractivity contribution is 0.120. The summed E-state index contributed by atoms with van der Waals surface area (Å²) in [5, 5.41) is 0. The fraction of sp³-hybridized carbons (Fsp3) is 1.00. The second kappa shape index (κ2) is 1.94. The van der Waals surface area contributed by atoms with Gasteiger partial charge in [0.15, 0.2) is 12.5 Å². The lowest BCUT2D eigenvalue weighted by atomic mass is 10.2. The number of epoxide rings is 1. The van der Waals surface area contributed by atoms with Crippen molar-refractivity contribution in [2.45, 2.75) is 25.4 Å². The molecule has 2 saturated heterocycles. The highest BCUT2D eigenvalue weighted by atomic mass is 16.6. The zero-order chi connectivity index (χ0) is 7.30. The smallest absolute Gasteiger partial charge is 0.153 e. The maximum atomic E-state index is 5.42. The molecule has 2 rings (SSSR count). The first kappa shape index (κ1) is 6.58. The number of rotatable bonds is 0. The molecule has 0 aromatic carbocycles. The molecule has 0 aromatic rings. The van der Waals surface area contributed by atoms with Crippen LogP contribution >= 0.6 is 0 Å². The molecule has 2 fully saturated rings. The van der Waals surface area contributed by atoms with Gasteiger partial charge in [-0.2, -0.15) is 0 Å². The summed E-state index contributed by atoms with van der Waals surface area (Å²) in [6, 6.07) is 0.633. The molecular formula is C7H14N2O. The van der Waals surface area contributed by atoms with Gasteiger partial charge < -0.3 is 4.74 Å². The van der Waals surface area contributed by atoms with E-state index in [1.807, 2.05) is 0 Å². The number of hydrogen-bond acceptors (Lipinski definition) is 3. The van der Waals surface area contributed by atoms with Crippen LogP contribution in [0.3, 0.4) is 0 Å². The normalized spacial score (nSPS) is 48.9. The van der Waals surface area contributed by atoms with Gasteiger partial charge in [-0.25, -0.2) is 0 Å². The molecule has 0 aromatic heterocycles. The lowest BCUT2D eigenvalue weighted by Crippen LogP contribution is -2.48. The van der Waals surface area contributed by atoms with E-state index in [0.717, 1.165) is 6.54 Å². The standard InChI is InChI=1S/C7H14N2O/c1-5-4-8(2)6-7(10-6)9(5)3/h5-7H,4H2,1-3H3. The van der Waals surface area contributed by atoms with E-state index in [4.69, 9.17) is 4.74 Å². The summed E-state index contributed by atoms with van der Waals surface area (Å²) in [5.74, 6) is 0. The zero-order valence-electron chi connectivity index (χ0n) is 6.74. The van der Waals surface area contributed by atoms with Crippen molar-refractivity contribution in [1.29, 1.82) is 0 Å². The number of hydrogen-bond donors (Lipinski definition) is 0. The van der Waals surface area contributed by atoms with Crippen molar-refractivity contribution in [2.24, 2.45) is 0 Å². The fourth-order valence-electron chi connectivity index (χ4n) is 1.62. The zero-order valence-corrected chi connectivity index (χ0v) is 6.74. The van der Waals surface area contributed by atoms with E-state index in [-0.39, 0.29) is 0 Å². The van der Waals surface area contributed by atoms with E-state index in [2.05, 4.69) is 30.8 Å². The van der Waals surface area contributed by atoms with Gasteiger partial charge in [-0.3, -0.25) is 9.80 Å². The topological polar surface area (TPSA) is 19.0 Å². The predicted octanol–water partition coefficient (Wildman–Crippen LogP) is -0.0655. The highest BCUT2D eigenvalue weighted by Crippen LogP contribution is 2.32. The van der Waals surface area contributed by atoms with E-state index in [1.54, 1.807) is 0 Å². The van der Waals surface area contributed by atoms with Gasteiger partial charge in [0.2, 0.25) is 0 Å². The van der Waals surface area contributed by atoms with Gasteiger partial charge in [0.05, 0.1) is 0 Å². The van der Waals surface area contributed by atoms with Crippen LogP contribution in [0.25, 0.3) is 0 Å². The molecule has 2 heterocycles. The third kappa shape index (κ3) is 0.779. The summed E-state index contributed by atoms with van der Waals surface area (Å²) in [7, 11) is 4.25. The molecule has 2 aliphatic heterocycles. The van der Waals surface area contributed by atoms with Crippen molar-refractivity contribution in [1.82, 2.24) is 9.80 Å². The van der Waals surface area contributed by atoms with Gasteiger partial charge in [0, 0.05) is 12.6 Å². The second-order valence-electron chi connectivity index (χ2n) is 3.37. The average molecular weight is 142 g/mol. The van der Waals surface area contributed by atoms with Gasteiger partial charge in [0.25, 0.3) is 0 Å². The van der Waals surface area contributed by atoms with Crippen LogP contribution in [0.2, 0.25) is 0 Å². The third-order valence-corrected chi connectivity index (χ3v) is 2.53. The molecule has 3 unspecified atom stereocenters. The first-order chi connectivity index (χ1) is 4.70. The van der Waals surface area contributed by atoms with Crippen molar-refractivity contribution in [3.8, 4) is 0 Å². The second-order valence-corrected chi connectivity index (χ2v) is 3.37. The fourth-order valence-corrected chi connectivity index (χ4v) is 1.62.